The number of terminal acetylenes is 1. The summed E-state index contributed by atoms with van der Waals surface area (Å²) in [7, 11) is 0. The van der Waals surface area contributed by atoms with Gasteiger partial charge < -0.3 is 12.5 Å². The first-order valence-corrected chi connectivity index (χ1v) is 9.14. The fourth-order valence-corrected chi connectivity index (χ4v) is 3.58. The van der Waals surface area contributed by atoms with E-state index in [-0.39, 0.29) is 63.6 Å². The van der Waals surface area contributed by atoms with E-state index in [4.69, 9.17) is 6.42 Å². The molecule has 0 aliphatic rings. The van der Waals surface area contributed by atoms with E-state index in [1.165, 1.54) is 15.9 Å². The molecule has 141 valence electrons. The van der Waals surface area contributed by atoms with Crippen molar-refractivity contribution in [2.75, 3.05) is 0 Å². The molecule has 27 heavy (non-hydrogen) atoms. The Hall–Kier alpha value is -1.48. The van der Waals surface area contributed by atoms with Crippen molar-refractivity contribution < 1.29 is 37.8 Å². The van der Waals surface area contributed by atoms with Gasteiger partial charge in [-0.2, -0.15) is 0 Å². The van der Waals surface area contributed by atoms with Crippen molar-refractivity contribution in [1.82, 2.24) is 9.55 Å². The summed E-state index contributed by atoms with van der Waals surface area (Å²) in [5, 5.41) is 11.6. The second-order valence-corrected chi connectivity index (χ2v) is 6.33. The van der Waals surface area contributed by atoms with Crippen molar-refractivity contribution in [3.63, 3.8) is 0 Å². The van der Waals surface area contributed by atoms with Crippen molar-refractivity contribution in [2.24, 2.45) is 0 Å². The zero-order chi connectivity index (χ0) is 18.6. The molecule has 0 saturated carbocycles. The monoisotopic (exact) mass is 458 g/mol. The number of nitrogens with zero attached hydrogens (tertiary/aromatic N) is 2. The minimum Gasteiger partial charge on any atom is -0.505 e. The summed E-state index contributed by atoms with van der Waals surface area (Å²) >= 11 is 1.40. The summed E-state index contributed by atoms with van der Waals surface area (Å²) < 4.78 is 2.07. The van der Waals surface area contributed by atoms with Gasteiger partial charge in [-0.15, -0.1) is 17.8 Å². The van der Waals surface area contributed by atoms with Crippen LogP contribution in [0.5, 0.6) is 5.75 Å². The first kappa shape index (κ1) is 25.5. The van der Waals surface area contributed by atoms with Gasteiger partial charge >= 0.3 is 0 Å². The molecular weight excluding hydrogens is 433 g/mol. The quantitative estimate of drug-likeness (QED) is 0.453. The molecule has 0 aliphatic carbocycles. The average Bonchev–Trinajstić information content (AvgIpc) is 3.07. The Labute approximate surface area is 190 Å². The van der Waals surface area contributed by atoms with Gasteiger partial charge in [0, 0.05) is 32.7 Å². The number of hydrogen-bond donors (Lipinski definition) is 1. The zero-order valence-corrected chi connectivity index (χ0v) is 20.2. The molecular formula is C21H25N2O2SY-. The van der Waals surface area contributed by atoms with Gasteiger partial charge in [0.1, 0.15) is 10.4 Å². The van der Waals surface area contributed by atoms with Gasteiger partial charge in [0.2, 0.25) is 0 Å². The third-order valence-corrected chi connectivity index (χ3v) is 4.98. The summed E-state index contributed by atoms with van der Waals surface area (Å²) in [5.41, 5.74) is 2.08. The summed E-state index contributed by atoms with van der Waals surface area (Å²) in [6.07, 6.45) is 6.16. The van der Waals surface area contributed by atoms with Crippen LogP contribution in [0.15, 0.2) is 29.1 Å². The van der Waals surface area contributed by atoms with Crippen LogP contribution in [-0.2, 0) is 45.7 Å². The average molecular weight is 458 g/mol. The molecule has 0 atom stereocenters. The smallest absolute Gasteiger partial charge is 0.264 e. The Morgan fingerprint density at radius 3 is 2.48 bits per heavy atom. The molecule has 0 fully saturated rings. The summed E-state index contributed by atoms with van der Waals surface area (Å²) in [4.78, 5) is 17.4. The van der Waals surface area contributed by atoms with Crippen molar-refractivity contribution in [2.45, 2.75) is 40.7 Å². The van der Waals surface area contributed by atoms with Crippen LogP contribution in [0, 0.1) is 26.7 Å². The van der Waals surface area contributed by atoms with E-state index >= 15 is 0 Å². The van der Waals surface area contributed by atoms with E-state index in [1.807, 2.05) is 52.0 Å². The van der Waals surface area contributed by atoms with E-state index in [2.05, 4.69) is 10.9 Å². The maximum absolute atomic E-state index is 12.9. The first-order chi connectivity index (χ1) is 12.1. The van der Waals surface area contributed by atoms with Crippen LogP contribution >= 0.6 is 11.3 Å². The molecule has 4 nitrogen and oxygen atoms in total. The molecule has 1 radical (unpaired) electrons. The SMILES string of the molecule is C#CCn1c(=O)c(-c2ccccc2C)c(O)c2sc(CC)nc21.CC.[CH3-].[Y]. The van der Waals surface area contributed by atoms with E-state index in [0.717, 1.165) is 17.0 Å². The molecule has 0 saturated heterocycles. The molecule has 2 aromatic heterocycles. The van der Waals surface area contributed by atoms with Crippen LogP contribution in [0.4, 0.5) is 0 Å². The molecule has 3 rings (SSSR count). The van der Waals surface area contributed by atoms with Gasteiger partial charge in [-0.25, -0.2) is 4.98 Å². The van der Waals surface area contributed by atoms with Crippen LogP contribution < -0.4 is 5.56 Å². The van der Waals surface area contributed by atoms with Gasteiger partial charge in [0.25, 0.3) is 5.56 Å². The number of hydrogen-bond acceptors (Lipinski definition) is 4. The van der Waals surface area contributed by atoms with Crippen LogP contribution in [0.3, 0.4) is 0 Å². The topological polar surface area (TPSA) is 55.1 Å². The zero-order valence-electron chi connectivity index (χ0n) is 16.5. The number of aromatic nitrogens is 2. The van der Waals surface area contributed by atoms with Crippen LogP contribution in [0.1, 0.15) is 31.3 Å². The third kappa shape index (κ3) is 4.87. The number of thiazole rings is 1. The molecule has 0 aliphatic heterocycles. The van der Waals surface area contributed by atoms with Crippen molar-refractivity contribution in [1.29, 1.82) is 0 Å². The Bertz CT molecular complexity index is 1000. The van der Waals surface area contributed by atoms with E-state index in [1.54, 1.807) is 0 Å². The number of aromatic hydroxyl groups is 1. The molecule has 6 heteroatoms. The third-order valence-electron chi connectivity index (χ3n) is 3.79. The second kappa shape index (κ2) is 11.4. The molecule has 1 N–H and O–H groups in total. The van der Waals surface area contributed by atoms with Crippen LogP contribution in [-0.4, -0.2) is 14.7 Å². The minimum absolute atomic E-state index is 0. The van der Waals surface area contributed by atoms with Gasteiger partial charge in [-0.1, -0.05) is 51.0 Å². The second-order valence-electron chi connectivity index (χ2n) is 5.25. The van der Waals surface area contributed by atoms with E-state index in [9.17, 15) is 9.90 Å². The molecule has 2 heterocycles. The maximum atomic E-state index is 12.9. The molecule has 3 aromatic rings. The van der Waals surface area contributed by atoms with Crippen LogP contribution in [0.25, 0.3) is 21.5 Å². The normalized spacial score (nSPS) is 9.44. The summed E-state index contributed by atoms with van der Waals surface area (Å²) in [6.45, 7) is 8.02. The van der Waals surface area contributed by atoms with Gasteiger partial charge in [0.05, 0.1) is 17.1 Å². The van der Waals surface area contributed by atoms with E-state index in [0.29, 0.717) is 15.9 Å². The maximum Gasteiger partial charge on any atom is 0.264 e. The van der Waals surface area contributed by atoms with Gasteiger partial charge in [0.15, 0.2) is 5.65 Å². The predicted molar refractivity (Wildman–Crippen MR) is 112 cm³/mol. The Morgan fingerprint density at radius 1 is 1.30 bits per heavy atom. The molecule has 0 bridgehead atoms. The molecule has 0 spiro atoms. The number of aryl methyl sites for hydroxylation is 2. The number of benzene rings is 1. The van der Waals surface area contributed by atoms with Crippen molar-refractivity contribution in [3.8, 4) is 29.2 Å². The fraction of sp³-hybridized carbons (Fsp3) is 0.286. The van der Waals surface area contributed by atoms with Crippen molar-refractivity contribution >= 4 is 21.7 Å². The van der Waals surface area contributed by atoms with E-state index < -0.39 is 0 Å². The fourth-order valence-electron chi connectivity index (χ4n) is 2.62. The molecule has 0 unspecified atom stereocenters. The summed E-state index contributed by atoms with van der Waals surface area (Å²) in [6, 6.07) is 7.49. The predicted octanol–water partition coefficient (Wildman–Crippen LogP) is 4.81. The Kier molecular flexibility index (Phi) is 10.8. The minimum atomic E-state index is -0.310. The van der Waals surface area contributed by atoms with Crippen molar-refractivity contribution in [3.05, 3.63) is 52.6 Å². The number of rotatable bonds is 3. The Morgan fingerprint density at radius 2 is 1.93 bits per heavy atom. The number of pyridine rings is 1. The Balaban J connectivity index is 0.00000164. The number of fused-ring (bicyclic) bond motifs is 1. The molecule has 1 aromatic carbocycles. The van der Waals surface area contributed by atoms with Gasteiger partial charge in [-0.05, 0) is 24.5 Å². The van der Waals surface area contributed by atoms with Crippen LogP contribution in [0.2, 0.25) is 0 Å². The summed E-state index contributed by atoms with van der Waals surface area (Å²) in [5.74, 6) is 2.49. The molecule has 0 amide bonds. The largest absolute Gasteiger partial charge is 0.505 e. The standard InChI is InChI=1S/C18H16N2O2S.C2H6.CH3.Y/c1-4-10-20-17-16(23-13(5-2)19-17)15(21)14(18(20)22)12-9-7-6-8-11(12)3;1-2;;/h1,6-9,21H,5,10H2,2-3H3;1-2H3;1H3;/q;;-1;. The first-order valence-electron chi connectivity index (χ1n) is 8.33. The van der Waals surface area contributed by atoms with Gasteiger partial charge in [-0.3, -0.25) is 9.36 Å².